The second-order valence-corrected chi connectivity index (χ2v) is 7.48. The third kappa shape index (κ3) is 2.68. The summed E-state index contributed by atoms with van der Waals surface area (Å²) in [5.41, 5.74) is 6.43. The number of nitrogens with zero attached hydrogens (tertiary/aromatic N) is 1. The molecular formula is C15H30N2. The molecule has 2 fully saturated rings. The highest BCUT2D eigenvalue weighted by Gasteiger charge is 2.41. The predicted molar refractivity (Wildman–Crippen MR) is 74.0 cm³/mol. The van der Waals surface area contributed by atoms with Crippen LogP contribution >= 0.6 is 0 Å². The molecule has 2 N–H and O–H groups in total. The van der Waals surface area contributed by atoms with E-state index in [1.54, 1.807) is 0 Å². The normalized spacial score (nSPS) is 31.6. The molecular weight excluding hydrogens is 208 g/mol. The predicted octanol–water partition coefficient (Wildman–Crippen LogP) is 3.01. The zero-order valence-corrected chi connectivity index (χ0v) is 12.1. The SMILES string of the molecule is CC(C)(N)C(C)(C)CN1CCC2CCCCC21. The molecule has 2 rings (SSSR count). The van der Waals surface area contributed by atoms with Gasteiger partial charge in [-0.2, -0.15) is 0 Å². The van der Waals surface area contributed by atoms with Crippen molar-refractivity contribution in [1.29, 1.82) is 0 Å². The molecule has 0 aromatic heterocycles. The van der Waals surface area contributed by atoms with Gasteiger partial charge in [-0.25, -0.2) is 0 Å². The maximum absolute atomic E-state index is 6.33. The van der Waals surface area contributed by atoms with Gasteiger partial charge in [0.25, 0.3) is 0 Å². The van der Waals surface area contributed by atoms with E-state index in [0.717, 1.165) is 18.5 Å². The van der Waals surface area contributed by atoms with Gasteiger partial charge in [0.2, 0.25) is 0 Å². The van der Waals surface area contributed by atoms with Gasteiger partial charge < -0.3 is 5.73 Å². The number of fused-ring (bicyclic) bond motifs is 1. The van der Waals surface area contributed by atoms with Crippen LogP contribution in [-0.4, -0.2) is 29.6 Å². The second kappa shape index (κ2) is 4.55. The molecule has 0 amide bonds. The molecule has 0 bridgehead atoms. The number of rotatable bonds is 3. The molecule has 1 saturated heterocycles. The second-order valence-electron chi connectivity index (χ2n) is 7.48. The van der Waals surface area contributed by atoms with Crippen LogP contribution in [0.3, 0.4) is 0 Å². The molecule has 1 aliphatic heterocycles. The van der Waals surface area contributed by atoms with Gasteiger partial charge in [0.1, 0.15) is 0 Å². The Labute approximate surface area is 107 Å². The maximum Gasteiger partial charge on any atom is 0.0161 e. The quantitative estimate of drug-likeness (QED) is 0.819. The first-order chi connectivity index (χ1) is 7.81. The Balaban J connectivity index is 2.00. The van der Waals surface area contributed by atoms with Gasteiger partial charge in [0.05, 0.1) is 0 Å². The van der Waals surface area contributed by atoms with Crippen LogP contribution < -0.4 is 5.73 Å². The Hall–Kier alpha value is -0.0800. The van der Waals surface area contributed by atoms with Crippen molar-refractivity contribution >= 4 is 0 Å². The van der Waals surface area contributed by atoms with Crippen LogP contribution in [0, 0.1) is 11.3 Å². The van der Waals surface area contributed by atoms with Gasteiger partial charge in [-0.05, 0) is 51.0 Å². The Morgan fingerprint density at radius 2 is 1.71 bits per heavy atom. The van der Waals surface area contributed by atoms with Gasteiger partial charge >= 0.3 is 0 Å². The fourth-order valence-electron chi connectivity index (χ4n) is 3.41. The van der Waals surface area contributed by atoms with Crippen LogP contribution in [0.15, 0.2) is 0 Å². The van der Waals surface area contributed by atoms with Crippen molar-refractivity contribution in [2.45, 2.75) is 71.4 Å². The molecule has 2 unspecified atom stereocenters. The summed E-state index contributed by atoms with van der Waals surface area (Å²) in [5.74, 6) is 0.987. The first-order valence-electron chi connectivity index (χ1n) is 7.34. The first kappa shape index (κ1) is 13.4. The lowest BCUT2D eigenvalue weighted by molar-refractivity contribution is 0.0858. The average Bonchev–Trinajstić information content (AvgIpc) is 2.60. The summed E-state index contributed by atoms with van der Waals surface area (Å²) in [6.07, 6.45) is 7.20. The Morgan fingerprint density at radius 3 is 2.35 bits per heavy atom. The van der Waals surface area contributed by atoms with Crippen molar-refractivity contribution in [2.75, 3.05) is 13.1 Å². The first-order valence-corrected chi connectivity index (χ1v) is 7.34. The molecule has 2 atom stereocenters. The minimum atomic E-state index is -0.0975. The molecule has 100 valence electrons. The van der Waals surface area contributed by atoms with E-state index in [4.69, 9.17) is 5.73 Å². The minimum Gasteiger partial charge on any atom is -0.325 e. The smallest absolute Gasteiger partial charge is 0.0161 e. The summed E-state index contributed by atoms with van der Waals surface area (Å²) in [7, 11) is 0. The zero-order chi connectivity index (χ0) is 12.7. The third-order valence-corrected chi connectivity index (χ3v) is 5.47. The molecule has 1 saturated carbocycles. The molecule has 17 heavy (non-hydrogen) atoms. The minimum absolute atomic E-state index is 0.0975. The van der Waals surface area contributed by atoms with Crippen LogP contribution in [0.1, 0.15) is 59.8 Å². The molecule has 2 aliphatic rings. The van der Waals surface area contributed by atoms with E-state index in [9.17, 15) is 0 Å². The molecule has 1 aliphatic carbocycles. The lowest BCUT2D eigenvalue weighted by Crippen LogP contribution is -2.54. The molecule has 1 heterocycles. The zero-order valence-electron chi connectivity index (χ0n) is 12.1. The number of likely N-dealkylation sites (tertiary alicyclic amines) is 1. The van der Waals surface area contributed by atoms with E-state index in [2.05, 4.69) is 32.6 Å². The average molecular weight is 238 g/mol. The monoisotopic (exact) mass is 238 g/mol. The van der Waals surface area contributed by atoms with Crippen molar-refractivity contribution in [3.8, 4) is 0 Å². The fraction of sp³-hybridized carbons (Fsp3) is 1.00. The summed E-state index contributed by atoms with van der Waals surface area (Å²) in [5, 5.41) is 0. The molecule has 0 radical (unpaired) electrons. The van der Waals surface area contributed by atoms with Crippen molar-refractivity contribution in [3.63, 3.8) is 0 Å². The van der Waals surface area contributed by atoms with Crippen LogP contribution in [0.2, 0.25) is 0 Å². The number of hydrogen-bond acceptors (Lipinski definition) is 2. The lowest BCUT2D eigenvalue weighted by Gasteiger charge is -2.43. The lowest BCUT2D eigenvalue weighted by atomic mass is 9.74. The van der Waals surface area contributed by atoms with Crippen molar-refractivity contribution in [2.24, 2.45) is 17.1 Å². The van der Waals surface area contributed by atoms with Crippen molar-refractivity contribution in [3.05, 3.63) is 0 Å². The largest absolute Gasteiger partial charge is 0.325 e. The molecule has 2 nitrogen and oxygen atoms in total. The molecule has 0 spiro atoms. The summed E-state index contributed by atoms with van der Waals surface area (Å²) in [6.45, 7) is 11.4. The van der Waals surface area contributed by atoms with Gasteiger partial charge in [-0.15, -0.1) is 0 Å². The molecule has 2 heteroatoms. The van der Waals surface area contributed by atoms with Crippen LogP contribution in [0.25, 0.3) is 0 Å². The summed E-state index contributed by atoms with van der Waals surface area (Å²) >= 11 is 0. The number of hydrogen-bond donors (Lipinski definition) is 1. The summed E-state index contributed by atoms with van der Waals surface area (Å²) in [4.78, 5) is 2.73. The summed E-state index contributed by atoms with van der Waals surface area (Å²) < 4.78 is 0. The van der Waals surface area contributed by atoms with E-state index >= 15 is 0 Å². The Bertz CT molecular complexity index is 265. The highest BCUT2D eigenvalue weighted by Crippen LogP contribution is 2.39. The van der Waals surface area contributed by atoms with E-state index in [1.165, 1.54) is 38.6 Å². The maximum atomic E-state index is 6.33. The van der Waals surface area contributed by atoms with Gasteiger partial charge in [-0.3, -0.25) is 4.90 Å². The number of nitrogens with two attached hydrogens (primary N) is 1. The van der Waals surface area contributed by atoms with E-state index in [1.807, 2.05) is 0 Å². The molecule has 0 aromatic carbocycles. The van der Waals surface area contributed by atoms with Crippen LogP contribution in [-0.2, 0) is 0 Å². The van der Waals surface area contributed by atoms with Crippen molar-refractivity contribution < 1.29 is 0 Å². The Kier molecular flexibility index (Phi) is 3.57. The van der Waals surface area contributed by atoms with Gasteiger partial charge in [0, 0.05) is 18.1 Å². The third-order valence-electron chi connectivity index (χ3n) is 5.47. The van der Waals surface area contributed by atoms with E-state index in [-0.39, 0.29) is 11.0 Å². The fourth-order valence-corrected chi connectivity index (χ4v) is 3.41. The Morgan fingerprint density at radius 1 is 1.06 bits per heavy atom. The molecule has 0 aromatic rings. The van der Waals surface area contributed by atoms with Crippen LogP contribution in [0.4, 0.5) is 0 Å². The topological polar surface area (TPSA) is 29.3 Å². The van der Waals surface area contributed by atoms with E-state index < -0.39 is 0 Å². The van der Waals surface area contributed by atoms with Crippen molar-refractivity contribution in [1.82, 2.24) is 4.90 Å². The van der Waals surface area contributed by atoms with E-state index in [0.29, 0.717) is 0 Å². The van der Waals surface area contributed by atoms with Gasteiger partial charge in [-0.1, -0.05) is 26.7 Å². The van der Waals surface area contributed by atoms with Gasteiger partial charge in [0.15, 0.2) is 0 Å². The highest BCUT2D eigenvalue weighted by molar-refractivity contribution is 4.97. The standard InChI is InChI=1S/C15H30N2/c1-14(2,15(3,4)16)11-17-10-9-12-7-5-6-8-13(12)17/h12-13H,5-11,16H2,1-4H3. The van der Waals surface area contributed by atoms with Crippen LogP contribution in [0.5, 0.6) is 0 Å². The summed E-state index contributed by atoms with van der Waals surface area (Å²) in [6, 6.07) is 0.866. The highest BCUT2D eigenvalue weighted by atomic mass is 15.2.